The van der Waals surface area contributed by atoms with Crippen LogP contribution in [0.25, 0.3) is 20.8 Å². The predicted octanol–water partition coefficient (Wildman–Crippen LogP) is 2.84. The fraction of sp³-hybridized carbons (Fsp3) is 0.143. The minimum atomic E-state index is -0.831. The average molecular weight is 316 g/mol. The third-order valence-electron chi connectivity index (χ3n) is 2.88. The molecule has 0 aromatic heterocycles. The van der Waals surface area contributed by atoms with Crippen LogP contribution in [0.2, 0.25) is 11.4 Å². The van der Waals surface area contributed by atoms with E-state index in [2.05, 4.69) is 34.6 Å². The van der Waals surface area contributed by atoms with Crippen molar-refractivity contribution in [2.24, 2.45) is 0 Å². The molecule has 0 unspecified atom stereocenters. The van der Waals surface area contributed by atoms with Gasteiger partial charge in [0, 0.05) is 0 Å². The summed E-state index contributed by atoms with van der Waals surface area (Å²) in [5.41, 5.74) is 6.73. The molecule has 2 aliphatic rings. The van der Waals surface area contributed by atoms with Crippen molar-refractivity contribution in [2.75, 3.05) is 0 Å². The van der Waals surface area contributed by atoms with Crippen LogP contribution in [0.4, 0.5) is 0 Å². The molecule has 18 heavy (non-hydrogen) atoms. The SMILES string of the molecule is C[As](C)c1ccc2nc3ccc(=N)cc-3sc2c1. The quantitative estimate of drug-likeness (QED) is 0.544. The molecule has 1 N–H and O–H groups in total. The summed E-state index contributed by atoms with van der Waals surface area (Å²) in [5.74, 6) is 0. The van der Waals surface area contributed by atoms with Crippen LogP contribution in [0.3, 0.4) is 0 Å². The number of nitrogens with one attached hydrogen (secondary N) is 1. The number of benzene rings is 2. The molecule has 1 aliphatic carbocycles. The van der Waals surface area contributed by atoms with Crippen molar-refractivity contribution in [1.29, 1.82) is 5.41 Å². The standard InChI is InChI=1S/C14H13AsN2S/c1-15(2)9-3-5-11-13(7-9)18-14-8-10(16)4-6-12(14)17-11/h3-8,16H,1-2H3. The summed E-state index contributed by atoms with van der Waals surface area (Å²) in [6, 6.07) is 12.2. The molecular weight excluding hydrogens is 303 g/mol. The number of nitrogens with zero attached hydrogens (tertiary/aromatic N) is 1. The Morgan fingerprint density at radius 1 is 1.11 bits per heavy atom. The van der Waals surface area contributed by atoms with Crippen molar-refractivity contribution in [3.63, 3.8) is 0 Å². The van der Waals surface area contributed by atoms with Crippen LogP contribution in [0.1, 0.15) is 0 Å². The maximum atomic E-state index is 7.68. The van der Waals surface area contributed by atoms with Crippen molar-refractivity contribution in [1.82, 2.24) is 4.98 Å². The van der Waals surface area contributed by atoms with E-state index in [0.717, 1.165) is 16.1 Å². The summed E-state index contributed by atoms with van der Waals surface area (Å²) >= 11 is 0.907. The molecule has 1 heterocycles. The Morgan fingerprint density at radius 2 is 1.94 bits per heavy atom. The topological polar surface area (TPSA) is 36.7 Å². The van der Waals surface area contributed by atoms with Gasteiger partial charge in [0.05, 0.1) is 0 Å². The van der Waals surface area contributed by atoms with Crippen LogP contribution in [0.5, 0.6) is 0 Å². The zero-order valence-corrected chi connectivity index (χ0v) is 13.0. The summed E-state index contributed by atoms with van der Waals surface area (Å²) in [5, 5.41) is 8.23. The summed E-state index contributed by atoms with van der Waals surface area (Å²) in [6.45, 7) is 0. The van der Waals surface area contributed by atoms with E-state index in [1.807, 2.05) is 12.1 Å². The average Bonchev–Trinajstić information content (AvgIpc) is 2.35. The van der Waals surface area contributed by atoms with Crippen LogP contribution in [0, 0.1) is 5.41 Å². The molecule has 0 atom stereocenters. The minimum absolute atomic E-state index is 0.551. The molecule has 0 saturated heterocycles. The summed E-state index contributed by atoms with van der Waals surface area (Å²) in [4.78, 5) is 5.76. The van der Waals surface area contributed by atoms with Crippen LogP contribution in [-0.2, 0) is 0 Å². The number of hydrogen-bond donors (Lipinski definition) is 1. The van der Waals surface area contributed by atoms with Gasteiger partial charge in [0.1, 0.15) is 0 Å². The Bertz CT molecular complexity index is 748. The van der Waals surface area contributed by atoms with Gasteiger partial charge in [-0.1, -0.05) is 0 Å². The summed E-state index contributed by atoms with van der Waals surface area (Å²) < 4.78 is 2.71. The van der Waals surface area contributed by atoms with E-state index in [-0.39, 0.29) is 0 Å². The Balaban J connectivity index is 2.33. The summed E-state index contributed by atoms with van der Waals surface area (Å²) in [7, 11) is 0. The zero-order chi connectivity index (χ0) is 12.7. The Hall–Kier alpha value is -1.18. The van der Waals surface area contributed by atoms with Gasteiger partial charge >= 0.3 is 115 Å². The molecule has 3 rings (SSSR count). The Morgan fingerprint density at radius 3 is 2.72 bits per heavy atom. The fourth-order valence-electron chi connectivity index (χ4n) is 1.89. The van der Waals surface area contributed by atoms with Gasteiger partial charge in [0.2, 0.25) is 0 Å². The van der Waals surface area contributed by atoms with E-state index >= 15 is 0 Å². The Kier molecular flexibility index (Phi) is 2.96. The van der Waals surface area contributed by atoms with E-state index in [4.69, 9.17) is 5.41 Å². The van der Waals surface area contributed by atoms with Crippen molar-refractivity contribution >= 4 is 40.6 Å². The van der Waals surface area contributed by atoms with Crippen molar-refractivity contribution in [3.05, 3.63) is 41.8 Å². The molecule has 0 spiro atoms. The third-order valence-corrected chi connectivity index (χ3v) is 6.72. The van der Waals surface area contributed by atoms with Gasteiger partial charge in [-0.05, 0) is 0 Å². The monoisotopic (exact) mass is 316 g/mol. The molecule has 90 valence electrons. The number of aromatic nitrogens is 1. The van der Waals surface area contributed by atoms with Crippen molar-refractivity contribution < 1.29 is 0 Å². The molecule has 2 nitrogen and oxygen atoms in total. The van der Waals surface area contributed by atoms with E-state index < -0.39 is 14.7 Å². The maximum absolute atomic E-state index is 7.68. The first-order valence-electron chi connectivity index (χ1n) is 5.70. The molecule has 0 saturated carbocycles. The van der Waals surface area contributed by atoms with Crippen molar-refractivity contribution in [3.8, 4) is 10.6 Å². The van der Waals surface area contributed by atoms with Gasteiger partial charge in [-0.2, -0.15) is 0 Å². The van der Waals surface area contributed by atoms with Gasteiger partial charge in [-0.25, -0.2) is 0 Å². The molecule has 4 heteroatoms. The second-order valence-corrected chi connectivity index (χ2v) is 10.4. The van der Waals surface area contributed by atoms with Crippen molar-refractivity contribution in [2.45, 2.75) is 11.4 Å². The fourth-order valence-corrected chi connectivity index (χ4v) is 4.72. The second kappa shape index (κ2) is 4.49. The molecule has 1 aliphatic heterocycles. The molecule has 0 bridgehead atoms. The van der Waals surface area contributed by atoms with Gasteiger partial charge in [-0.15, -0.1) is 0 Å². The van der Waals surface area contributed by atoms with E-state index in [1.165, 1.54) is 9.05 Å². The van der Waals surface area contributed by atoms with Crippen LogP contribution >= 0.6 is 11.3 Å². The van der Waals surface area contributed by atoms with Crippen LogP contribution < -0.4 is 9.71 Å². The molecule has 1 aromatic rings. The molecule has 1 aromatic carbocycles. The summed E-state index contributed by atoms with van der Waals surface area (Å²) in [6.07, 6.45) is 0. The second-order valence-electron chi connectivity index (χ2n) is 4.44. The van der Waals surface area contributed by atoms with E-state index in [9.17, 15) is 0 Å². The molecule has 0 radical (unpaired) electrons. The first-order chi connectivity index (χ1) is 8.63. The van der Waals surface area contributed by atoms with Gasteiger partial charge in [0.25, 0.3) is 0 Å². The number of fused-ring (bicyclic) bond motifs is 2. The number of rotatable bonds is 1. The molecule has 0 amide bonds. The van der Waals surface area contributed by atoms with Gasteiger partial charge in [-0.3, -0.25) is 0 Å². The first kappa shape index (κ1) is 11.9. The normalized spacial score (nSPS) is 11.5. The van der Waals surface area contributed by atoms with Crippen LogP contribution in [0.15, 0.2) is 36.4 Å². The molecular formula is C14H13AsN2S. The van der Waals surface area contributed by atoms with Gasteiger partial charge < -0.3 is 0 Å². The first-order valence-corrected chi connectivity index (χ1v) is 11.2. The van der Waals surface area contributed by atoms with Crippen LogP contribution in [-0.4, -0.2) is 19.6 Å². The molecule has 0 fully saturated rings. The third kappa shape index (κ3) is 2.09. The zero-order valence-electron chi connectivity index (χ0n) is 10.3. The predicted molar refractivity (Wildman–Crippen MR) is 79.2 cm³/mol. The van der Waals surface area contributed by atoms with E-state index in [0.29, 0.717) is 5.36 Å². The van der Waals surface area contributed by atoms with Gasteiger partial charge in [0.15, 0.2) is 0 Å². The Labute approximate surface area is 114 Å². The number of hydrogen-bond acceptors (Lipinski definition) is 3. The van der Waals surface area contributed by atoms with E-state index in [1.54, 1.807) is 17.4 Å².